The number of benzene rings is 1. The standard InChI is InChI=1S/C18H27N3O4/c1-23-11-10-20(7-4-18(22)21-8-5-19-6-9-21)13-15-2-3-16-17(12-15)25-14-24-16/h2-3,12,19H,4-11,13-14H2,1H3. The molecule has 0 spiro atoms. The monoisotopic (exact) mass is 349 g/mol. The summed E-state index contributed by atoms with van der Waals surface area (Å²) < 4.78 is 16.0. The zero-order chi connectivity index (χ0) is 17.5. The first kappa shape index (κ1) is 18.0. The van der Waals surface area contributed by atoms with Gasteiger partial charge >= 0.3 is 0 Å². The van der Waals surface area contributed by atoms with Gasteiger partial charge in [0.15, 0.2) is 11.5 Å². The average Bonchev–Trinajstić information content (AvgIpc) is 3.12. The summed E-state index contributed by atoms with van der Waals surface area (Å²) in [4.78, 5) is 16.6. The van der Waals surface area contributed by atoms with Gasteiger partial charge in [-0.2, -0.15) is 0 Å². The van der Waals surface area contributed by atoms with Gasteiger partial charge in [-0.15, -0.1) is 0 Å². The van der Waals surface area contributed by atoms with Gasteiger partial charge in [-0.25, -0.2) is 0 Å². The summed E-state index contributed by atoms with van der Waals surface area (Å²) in [6.45, 7) is 6.58. The molecule has 1 amide bonds. The summed E-state index contributed by atoms with van der Waals surface area (Å²) in [6.07, 6.45) is 0.536. The molecule has 7 heteroatoms. The molecule has 1 saturated heterocycles. The second-order valence-corrected chi connectivity index (χ2v) is 6.34. The molecule has 138 valence electrons. The number of hydrogen-bond acceptors (Lipinski definition) is 6. The number of fused-ring (bicyclic) bond motifs is 1. The van der Waals surface area contributed by atoms with Crippen LogP contribution in [0.15, 0.2) is 18.2 Å². The van der Waals surface area contributed by atoms with Crippen molar-refractivity contribution in [2.45, 2.75) is 13.0 Å². The highest BCUT2D eigenvalue weighted by Crippen LogP contribution is 2.32. The smallest absolute Gasteiger partial charge is 0.231 e. The van der Waals surface area contributed by atoms with Crippen molar-refractivity contribution in [2.75, 3.05) is 59.8 Å². The number of rotatable bonds is 8. The van der Waals surface area contributed by atoms with Crippen LogP contribution < -0.4 is 14.8 Å². The lowest BCUT2D eigenvalue weighted by Gasteiger charge is -2.29. The van der Waals surface area contributed by atoms with Gasteiger partial charge in [0.2, 0.25) is 12.7 Å². The van der Waals surface area contributed by atoms with Gasteiger partial charge in [0, 0.05) is 59.3 Å². The van der Waals surface area contributed by atoms with E-state index in [0.717, 1.165) is 62.9 Å². The molecule has 25 heavy (non-hydrogen) atoms. The summed E-state index contributed by atoms with van der Waals surface area (Å²) >= 11 is 0. The third-order valence-electron chi connectivity index (χ3n) is 4.57. The summed E-state index contributed by atoms with van der Waals surface area (Å²) in [7, 11) is 1.70. The number of hydrogen-bond donors (Lipinski definition) is 1. The van der Waals surface area contributed by atoms with Gasteiger partial charge < -0.3 is 24.4 Å². The maximum atomic E-state index is 12.4. The van der Waals surface area contributed by atoms with Gasteiger partial charge in [0.25, 0.3) is 0 Å². The zero-order valence-corrected chi connectivity index (χ0v) is 14.8. The summed E-state index contributed by atoms with van der Waals surface area (Å²) in [6, 6.07) is 6.00. The van der Waals surface area contributed by atoms with Crippen molar-refractivity contribution in [1.29, 1.82) is 0 Å². The van der Waals surface area contributed by atoms with E-state index in [0.29, 0.717) is 13.0 Å². The maximum Gasteiger partial charge on any atom is 0.231 e. The molecule has 1 aromatic carbocycles. The molecule has 0 bridgehead atoms. The SMILES string of the molecule is COCCN(CCC(=O)N1CCNCC1)Cc1ccc2c(c1)OCO2. The minimum Gasteiger partial charge on any atom is -0.454 e. The van der Waals surface area contributed by atoms with E-state index in [4.69, 9.17) is 14.2 Å². The Balaban J connectivity index is 1.54. The quantitative estimate of drug-likeness (QED) is 0.745. The van der Waals surface area contributed by atoms with Crippen molar-refractivity contribution in [3.05, 3.63) is 23.8 Å². The second kappa shape index (κ2) is 9.03. The van der Waals surface area contributed by atoms with E-state index in [1.807, 2.05) is 23.1 Å². The molecule has 0 atom stereocenters. The molecule has 3 rings (SSSR count). The van der Waals surface area contributed by atoms with Crippen LogP contribution in [0, 0.1) is 0 Å². The lowest BCUT2D eigenvalue weighted by Crippen LogP contribution is -2.47. The van der Waals surface area contributed by atoms with E-state index in [1.165, 1.54) is 0 Å². The van der Waals surface area contributed by atoms with Crippen LogP contribution >= 0.6 is 0 Å². The highest BCUT2D eigenvalue weighted by Gasteiger charge is 2.18. The van der Waals surface area contributed by atoms with Crippen LogP contribution in [0.2, 0.25) is 0 Å². The molecule has 2 aliphatic rings. The van der Waals surface area contributed by atoms with E-state index in [1.54, 1.807) is 7.11 Å². The molecule has 2 heterocycles. The Bertz CT molecular complexity index is 575. The third-order valence-corrected chi connectivity index (χ3v) is 4.57. The predicted octanol–water partition coefficient (Wildman–Crippen LogP) is 0.686. The molecule has 0 aromatic heterocycles. The van der Waals surface area contributed by atoms with Crippen LogP contribution in [-0.4, -0.2) is 75.5 Å². The van der Waals surface area contributed by atoms with E-state index >= 15 is 0 Å². The van der Waals surface area contributed by atoms with Crippen LogP contribution in [0.5, 0.6) is 11.5 Å². The average molecular weight is 349 g/mol. The Morgan fingerprint density at radius 1 is 1.24 bits per heavy atom. The van der Waals surface area contributed by atoms with Gasteiger partial charge in [-0.1, -0.05) is 6.07 Å². The fraction of sp³-hybridized carbons (Fsp3) is 0.611. The van der Waals surface area contributed by atoms with Crippen LogP contribution in [0.4, 0.5) is 0 Å². The number of nitrogens with one attached hydrogen (secondary N) is 1. The van der Waals surface area contributed by atoms with Crippen LogP contribution in [0.3, 0.4) is 0 Å². The number of carbonyl (C=O) groups is 1. The number of carbonyl (C=O) groups excluding carboxylic acids is 1. The van der Waals surface area contributed by atoms with Crippen molar-refractivity contribution in [3.63, 3.8) is 0 Å². The normalized spacial score (nSPS) is 16.5. The molecule has 1 fully saturated rings. The largest absolute Gasteiger partial charge is 0.454 e. The minimum atomic E-state index is 0.231. The van der Waals surface area contributed by atoms with E-state index in [9.17, 15) is 4.79 Å². The second-order valence-electron chi connectivity index (χ2n) is 6.34. The molecular formula is C18H27N3O4. The zero-order valence-electron chi connectivity index (χ0n) is 14.8. The Hall–Kier alpha value is -1.83. The van der Waals surface area contributed by atoms with Crippen molar-refractivity contribution in [2.24, 2.45) is 0 Å². The number of methoxy groups -OCH3 is 1. The van der Waals surface area contributed by atoms with Crippen molar-refractivity contribution in [3.8, 4) is 11.5 Å². The number of amides is 1. The molecule has 7 nitrogen and oxygen atoms in total. The fourth-order valence-corrected chi connectivity index (χ4v) is 3.11. The van der Waals surface area contributed by atoms with Crippen LogP contribution in [0.25, 0.3) is 0 Å². The highest BCUT2D eigenvalue weighted by atomic mass is 16.7. The van der Waals surface area contributed by atoms with Gasteiger partial charge in [-0.05, 0) is 17.7 Å². The fourth-order valence-electron chi connectivity index (χ4n) is 3.11. The van der Waals surface area contributed by atoms with Crippen molar-refractivity contribution in [1.82, 2.24) is 15.1 Å². The molecule has 1 N–H and O–H groups in total. The molecule has 0 saturated carbocycles. The molecule has 2 aliphatic heterocycles. The lowest BCUT2D eigenvalue weighted by molar-refractivity contribution is -0.132. The van der Waals surface area contributed by atoms with Crippen molar-refractivity contribution < 1.29 is 19.0 Å². The van der Waals surface area contributed by atoms with Gasteiger partial charge in [0.1, 0.15) is 0 Å². The summed E-state index contributed by atoms with van der Waals surface area (Å²) in [5.74, 6) is 1.82. The molecular weight excluding hydrogens is 322 g/mol. The Kier molecular flexibility index (Phi) is 6.49. The Labute approximate surface area is 148 Å². The lowest BCUT2D eigenvalue weighted by atomic mass is 10.2. The Morgan fingerprint density at radius 3 is 2.84 bits per heavy atom. The summed E-state index contributed by atoms with van der Waals surface area (Å²) in [5.41, 5.74) is 1.15. The first-order valence-corrected chi connectivity index (χ1v) is 8.84. The predicted molar refractivity (Wildman–Crippen MR) is 93.8 cm³/mol. The molecule has 1 aromatic rings. The first-order chi connectivity index (χ1) is 12.3. The topological polar surface area (TPSA) is 63.3 Å². The van der Waals surface area contributed by atoms with E-state index in [-0.39, 0.29) is 12.7 Å². The molecule has 0 radical (unpaired) electrons. The number of piperazine rings is 1. The molecule has 0 aliphatic carbocycles. The van der Waals surface area contributed by atoms with Crippen LogP contribution in [-0.2, 0) is 16.1 Å². The minimum absolute atomic E-state index is 0.231. The number of nitrogens with zero attached hydrogens (tertiary/aromatic N) is 2. The first-order valence-electron chi connectivity index (χ1n) is 8.84. The Morgan fingerprint density at radius 2 is 2.04 bits per heavy atom. The molecule has 0 unspecified atom stereocenters. The van der Waals surface area contributed by atoms with E-state index in [2.05, 4.69) is 10.2 Å². The number of ether oxygens (including phenoxy) is 3. The summed E-state index contributed by atoms with van der Waals surface area (Å²) in [5, 5.41) is 3.27. The van der Waals surface area contributed by atoms with Gasteiger partial charge in [0.05, 0.1) is 6.61 Å². The van der Waals surface area contributed by atoms with Crippen LogP contribution in [0.1, 0.15) is 12.0 Å². The maximum absolute atomic E-state index is 12.4. The van der Waals surface area contributed by atoms with E-state index < -0.39 is 0 Å². The van der Waals surface area contributed by atoms with Crippen molar-refractivity contribution >= 4 is 5.91 Å². The third kappa shape index (κ3) is 5.07. The van der Waals surface area contributed by atoms with Gasteiger partial charge in [-0.3, -0.25) is 9.69 Å². The highest BCUT2D eigenvalue weighted by molar-refractivity contribution is 5.76.